The molecule has 3 aliphatic heterocycles. The summed E-state index contributed by atoms with van der Waals surface area (Å²) in [6, 6.07) is 6.18. The average Bonchev–Trinajstić information content (AvgIpc) is 3.38. The molecule has 3 aliphatic rings. The quantitative estimate of drug-likeness (QED) is 0.105. The number of amides is 3. The summed E-state index contributed by atoms with van der Waals surface area (Å²) in [5.41, 5.74) is 12.2. The van der Waals surface area contributed by atoms with E-state index in [0.717, 1.165) is 17.6 Å². The first-order valence-corrected chi connectivity index (χ1v) is 15.4. The first-order chi connectivity index (χ1) is 22.7. The van der Waals surface area contributed by atoms with Crippen molar-refractivity contribution in [1.82, 2.24) is 10.2 Å². The summed E-state index contributed by atoms with van der Waals surface area (Å²) in [5.74, 6) is -0.197. The number of rotatable bonds is 10. The van der Waals surface area contributed by atoms with Gasteiger partial charge in [-0.05, 0) is 60.8 Å². The number of benzene rings is 2. The Kier molecular flexibility index (Phi) is 10.4. The molecule has 2 atom stereocenters. The lowest BCUT2D eigenvalue weighted by molar-refractivity contribution is 0.0777. The van der Waals surface area contributed by atoms with Gasteiger partial charge >= 0.3 is 0 Å². The molecule has 47 heavy (non-hydrogen) atoms. The lowest BCUT2D eigenvalue weighted by Gasteiger charge is -2.20. The fourth-order valence-electron chi connectivity index (χ4n) is 5.68. The van der Waals surface area contributed by atoms with Crippen molar-refractivity contribution < 1.29 is 28.6 Å². The topological polar surface area (TPSA) is 168 Å². The lowest BCUT2D eigenvalue weighted by atomic mass is 10.0. The highest BCUT2D eigenvalue weighted by molar-refractivity contribution is 6.06. The molecule has 2 aromatic rings. The zero-order valence-electron chi connectivity index (χ0n) is 26.5. The third-order valence-electron chi connectivity index (χ3n) is 8.04. The van der Waals surface area contributed by atoms with Gasteiger partial charge in [0.1, 0.15) is 5.75 Å². The van der Waals surface area contributed by atoms with E-state index in [1.165, 1.54) is 19.2 Å². The third-order valence-corrected chi connectivity index (χ3v) is 8.04. The third kappa shape index (κ3) is 7.70. The van der Waals surface area contributed by atoms with Crippen LogP contribution in [0.25, 0.3) is 10.4 Å². The summed E-state index contributed by atoms with van der Waals surface area (Å²) in [6.45, 7) is 11.4. The van der Waals surface area contributed by atoms with Crippen LogP contribution in [0.15, 0.2) is 63.7 Å². The van der Waals surface area contributed by atoms with Crippen LogP contribution in [0.3, 0.4) is 0 Å². The minimum atomic E-state index is -0.864. The number of azide groups is 1. The molecule has 0 bridgehead atoms. The van der Waals surface area contributed by atoms with Crippen LogP contribution in [-0.2, 0) is 0 Å². The first-order valence-electron chi connectivity index (χ1n) is 15.4. The van der Waals surface area contributed by atoms with Crippen LogP contribution in [0.4, 0.5) is 11.4 Å². The van der Waals surface area contributed by atoms with Crippen molar-refractivity contribution in [3.63, 3.8) is 0 Å². The molecule has 3 heterocycles. The van der Waals surface area contributed by atoms with E-state index in [1.807, 2.05) is 6.92 Å². The summed E-state index contributed by atoms with van der Waals surface area (Å²) < 4.78 is 17.5. The Bertz CT molecular complexity index is 1730. The van der Waals surface area contributed by atoms with Crippen molar-refractivity contribution in [2.45, 2.75) is 45.1 Å². The van der Waals surface area contributed by atoms with Crippen molar-refractivity contribution in [2.24, 2.45) is 21.0 Å². The highest BCUT2D eigenvalue weighted by Crippen LogP contribution is 2.38. The Balaban J connectivity index is 1.20. The van der Waals surface area contributed by atoms with E-state index in [4.69, 9.17) is 19.7 Å². The molecule has 3 amide bonds. The zero-order chi connectivity index (χ0) is 33.5. The van der Waals surface area contributed by atoms with Gasteiger partial charge in [-0.3, -0.25) is 24.4 Å². The molecule has 1 N–H and O–H groups in total. The van der Waals surface area contributed by atoms with E-state index in [2.05, 4.69) is 38.5 Å². The number of nitrogens with one attached hydrogen (secondary N) is 1. The summed E-state index contributed by atoms with van der Waals surface area (Å²) in [7, 11) is 1.53. The van der Waals surface area contributed by atoms with Gasteiger partial charge in [0.05, 0.1) is 54.4 Å². The maximum atomic E-state index is 13.2. The molecule has 0 aliphatic carbocycles. The highest BCUT2D eigenvalue weighted by atomic mass is 16.5. The Labute approximate surface area is 272 Å². The molecule has 1 fully saturated rings. The van der Waals surface area contributed by atoms with Gasteiger partial charge in [-0.2, -0.15) is 0 Å². The van der Waals surface area contributed by atoms with Gasteiger partial charge in [0.25, 0.3) is 17.7 Å². The number of unbranched alkanes of at least 4 members (excludes halogenated alkanes) is 2. The van der Waals surface area contributed by atoms with E-state index in [9.17, 15) is 14.4 Å². The zero-order valence-corrected chi connectivity index (χ0v) is 26.5. The second-order valence-corrected chi connectivity index (χ2v) is 11.8. The largest absolute Gasteiger partial charge is 0.493 e. The number of carbonyl (C=O) groups is 3. The molecule has 13 nitrogen and oxygen atoms in total. The molecule has 0 spiro atoms. The number of hydrogen-bond donors (Lipinski definition) is 1. The van der Waals surface area contributed by atoms with Gasteiger partial charge in [-0.1, -0.05) is 31.2 Å². The number of fused-ring (bicyclic) bond motifs is 3. The highest BCUT2D eigenvalue weighted by Gasteiger charge is 2.34. The first kappa shape index (κ1) is 33.0. The molecule has 5 rings (SSSR count). The molecule has 0 aromatic heterocycles. The summed E-state index contributed by atoms with van der Waals surface area (Å²) >= 11 is 0. The van der Waals surface area contributed by atoms with Crippen LogP contribution >= 0.6 is 0 Å². The monoisotopic (exact) mass is 639 g/mol. The van der Waals surface area contributed by atoms with Crippen LogP contribution in [0, 0.1) is 5.92 Å². The van der Waals surface area contributed by atoms with Crippen molar-refractivity contribution in [2.75, 3.05) is 33.4 Å². The molecule has 2 unspecified atom stereocenters. The maximum absolute atomic E-state index is 13.2. The number of hydrogen-bond acceptors (Lipinski definition) is 8. The van der Waals surface area contributed by atoms with Gasteiger partial charge < -0.3 is 24.4 Å². The Morgan fingerprint density at radius 1 is 0.979 bits per heavy atom. The van der Waals surface area contributed by atoms with Gasteiger partial charge in [0.2, 0.25) is 0 Å². The van der Waals surface area contributed by atoms with Gasteiger partial charge in [0.15, 0.2) is 11.5 Å². The number of aliphatic imine (C=N–C) groups is 2. The summed E-state index contributed by atoms with van der Waals surface area (Å²) in [6.07, 6.45) is 6.95. The predicted octanol–water partition coefficient (Wildman–Crippen LogP) is 6.29. The summed E-state index contributed by atoms with van der Waals surface area (Å²) in [5, 5.41) is 6.01. The molecule has 0 radical (unpaired) electrons. The van der Waals surface area contributed by atoms with Crippen LogP contribution < -0.4 is 19.5 Å². The molecular weight excluding hydrogens is 602 g/mol. The Morgan fingerprint density at radius 3 is 2.43 bits per heavy atom. The van der Waals surface area contributed by atoms with Gasteiger partial charge in [-0.15, -0.1) is 0 Å². The molecular formula is C34H37N7O6. The smallest absolute Gasteiger partial charge is 0.257 e. The van der Waals surface area contributed by atoms with E-state index >= 15 is 0 Å². The number of carbonyl (C=O) groups excluding carboxylic acids is 3. The number of ether oxygens (including phenoxy) is 3. The SMILES string of the molecule is C=C1CNC(=O)c2cc(C(=O)N=[N+]=[N-])c(OCCCCCOc3cc4c(cc3OC)C(=O)N3CC(=C)CC3C=N4)cc2N=CC(C)C1. The Hall–Kier alpha value is -5.42. The van der Waals surface area contributed by atoms with Crippen molar-refractivity contribution >= 4 is 41.5 Å². The Morgan fingerprint density at radius 2 is 1.68 bits per heavy atom. The van der Waals surface area contributed by atoms with E-state index in [1.54, 1.807) is 29.5 Å². The van der Waals surface area contributed by atoms with Crippen molar-refractivity contribution in [3.8, 4) is 17.2 Å². The van der Waals surface area contributed by atoms with E-state index < -0.39 is 11.8 Å². The predicted molar refractivity (Wildman–Crippen MR) is 178 cm³/mol. The van der Waals surface area contributed by atoms with E-state index in [-0.39, 0.29) is 41.4 Å². The normalized spacial score (nSPS) is 18.7. The molecule has 1 saturated heterocycles. The van der Waals surface area contributed by atoms with Crippen LogP contribution in [-0.4, -0.2) is 74.5 Å². The minimum absolute atomic E-state index is 0.0269. The number of methoxy groups -OCH3 is 1. The molecule has 244 valence electrons. The van der Waals surface area contributed by atoms with Crippen molar-refractivity contribution in [3.05, 3.63) is 75.7 Å². The van der Waals surface area contributed by atoms with Crippen LogP contribution in [0.1, 0.15) is 70.1 Å². The van der Waals surface area contributed by atoms with Gasteiger partial charge in [-0.25, -0.2) is 0 Å². The van der Waals surface area contributed by atoms with E-state index in [0.29, 0.717) is 73.8 Å². The standard InChI is InChI=1S/C34H37N7O6/c1-20-10-21(2)17-38-32(42)24-12-26(33(43)39-40-35)29(14-27(24)36-16-20)46-8-6-5-7-9-47-31-15-28-25(13-30(31)45-4)34(44)41-19-22(3)11-23(41)18-37-28/h12-16,18,20,23H,2-3,5-11,17,19H2,1,4H3,(H,38,42). The fraction of sp³-hybridized carbons (Fsp3) is 0.382. The second-order valence-electron chi connectivity index (χ2n) is 11.8. The van der Waals surface area contributed by atoms with Gasteiger partial charge in [0, 0.05) is 42.6 Å². The molecule has 2 aromatic carbocycles. The van der Waals surface area contributed by atoms with Crippen LogP contribution in [0.2, 0.25) is 0 Å². The molecule has 13 heteroatoms. The van der Waals surface area contributed by atoms with Crippen molar-refractivity contribution in [1.29, 1.82) is 0 Å². The average molecular weight is 640 g/mol. The minimum Gasteiger partial charge on any atom is -0.493 e. The lowest BCUT2D eigenvalue weighted by Crippen LogP contribution is -2.35. The maximum Gasteiger partial charge on any atom is 0.257 e. The summed E-state index contributed by atoms with van der Waals surface area (Å²) in [4.78, 5) is 52.2. The fourth-order valence-corrected chi connectivity index (χ4v) is 5.68. The van der Waals surface area contributed by atoms with Crippen LogP contribution in [0.5, 0.6) is 17.2 Å². The second kappa shape index (κ2) is 14.8. The number of nitrogens with zero attached hydrogens (tertiary/aromatic N) is 6. The molecule has 0 saturated carbocycles.